The van der Waals surface area contributed by atoms with Crippen molar-refractivity contribution in [2.45, 2.75) is 13.8 Å². The Kier molecular flexibility index (Phi) is 2.64. The van der Waals surface area contributed by atoms with Crippen molar-refractivity contribution in [2.24, 2.45) is 0 Å². The van der Waals surface area contributed by atoms with Crippen molar-refractivity contribution in [3.63, 3.8) is 0 Å². The van der Waals surface area contributed by atoms with Gasteiger partial charge in [0.15, 0.2) is 5.78 Å². The first kappa shape index (κ1) is 10.1. The zero-order valence-electron chi connectivity index (χ0n) is 8.65. The second-order valence-electron chi connectivity index (χ2n) is 3.41. The van der Waals surface area contributed by atoms with Gasteiger partial charge < -0.3 is 0 Å². The maximum atomic E-state index is 12.1. The molecule has 0 bridgehead atoms. The van der Waals surface area contributed by atoms with E-state index in [0.29, 0.717) is 0 Å². The summed E-state index contributed by atoms with van der Waals surface area (Å²) >= 11 is 1.60. The summed E-state index contributed by atoms with van der Waals surface area (Å²) < 4.78 is 0. The van der Waals surface area contributed by atoms with E-state index in [1.807, 2.05) is 25.3 Å². The van der Waals surface area contributed by atoms with Crippen LogP contribution >= 0.6 is 11.3 Å². The average Bonchev–Trinajstić information content (AvgIpc) is 2.64. The van der Waals surface area contributed by atoms with E-state index < -0.39 is 0 Å². The molecule has 2 heterocycles. The number of carbonyl (C=O) groups is 1. The molecule has 0 spiro atoms. The summed E-state index contributed by atoms with van der Waals surface area (Å²) in [6.45, 7) is 3.87. The van der Waals surface area contributed by atoms with Crippen LogP contribution in [-0.2, 0) is 0 Å². The molecule has 0 fully saturated rings. The number of hydrogen-bond acceptors (Lipinski definition) is 3. The van der Waals surface area contributed by atoms with Crippen molar-refractivity contribution in [2.75, 3.05) is 0 Å². The van der Waals surface area contributed by atoms with Crippen LogP contribution in [0.4, 0.5) is 0 Å². The summed E-state index contributed by atoms with van der Waals surface area (Å²) in [6.07, 6.45) is 3.37. The van der Waals surface area contributed by atoms with Gasteiger partial charge in [0.05, 0.1) is 0 Å². The van der Waals surface area contributed by atoms with E-state index in [1.54, 1.807) is 29.8 Å². The Morgan fingerprint density at radius 3 is 2.67 bits per heavy atom. The van der Waals surface area contributed by atoms with Crippen LogP contribution in [0.15, 0.2) is 29.9 Å². The molecule has 0 saturated heterocycles. The van der Waals surface area contributed by atoms with Gasteiger partial charge in [-0.2, -0.15) is 0 Å². The van der Waals surface area contributed by atoms with Gasteiger partial charge in [-0.25, -0.2) is 0 Å². The highest BCUT2D eigenvalue weighted by atomic mass is 32.1. The fraction of sp³-hybridized carbons (Fsp3) is 0.167. The van der Waals surface area contributed by atoms with E-state index >= 15 is 0 Å². The fourth-order valence-corrected chi connectivity index (χ4v) is 2.19. The number of aromatic nitrogens is 1. The monoisotopic (exact) mass is 217 g/mol. The molecule has 0 saturated carbocycles. The highest BCUT2D eigenvalue weighted by Crippen LogP contribution is 2.20. The second-order valence-corrected chi connectivity index (χ2v) is 4.53. The maximum absolute atomic E-state index is 12.1. The molecule has 2 rings (SSSR count). The molecule has 0 atom stereocenters. The third-order valence-electron chi connectivity index (χ3n) is 2.37. The van der Waals surface area contributed by atoms with Gasteiger partial charge >= 0.3 is 0 Å². The number of hydrogen-bond donors (Lipinski definition) is 0. The van der Waals surface area contributed by atoms with Crippen LogP contribution in [0.3, 0.4) is 0 Å². The Hall–Kier alpha value is -1.48. The van der Waals surface area contributed by atoms with Gasteiger partial charge in [0, 0.05) is 28.4 Å². The quantitative estimate of drug-likeness (QED) is 0.724. The van der Waals surface area contributed by atoms with Crippen LogP contribution in [0.2, 0.25) is 0 Å². The lowest BCUT2D eigenvalue weighted by Crippen LogP contribution is -2.03. The van der Waals surface area contributed by atoms with Gasteiger partial charge in [0.25, 0.3) is 0 Å². The van der Waals surface area contributed by atoms with Crippen LogP contribution in [0, 0.1) is 13.8 Å². The maximum Gasteiger partial charge on any atom is 0.194 e. The minimum absolute atomic E-state index is 0.0913. The molecule has 76 valence electrons. The predicted molar refractivity (Wildman–Crippen MR) is 61.5 cm³/mol. The number of nitrogens with zero attached hydrogens (tertiary/aromatic N) is 1. The molecule has 2 nitrogen and oxygen atoms in total. The lowest BCUT2D eigenvalue weighted by Gasteiger charge is -2.02. The number of rotatable bonds is 2. The molecule has 0 unspecified atom stereocenters. The Morgan fingerprint density at radius 1 is 1.27 bits per heavy atom. The van der Waals surface area contributed by atoms with Crippen LogP contribution in [-0.4, -0.2) is 10.8 Å². The molecule has 0 aliphatic heterocycles. The molecular formula is C12H11NOS. The van der Waals surface area contributed by atoms with Gasteiger partial charge in [0.2, 0.25) is 0 Å². The van der Waals surface area contributed by atoms with E-state index in [1.165, 1.54) is 0 Å². The molecule has 2 aromatic rings. The molecule has 0 aliphatic carbocycles. The largest absolute Gasteiger partial charge is 0.289 e. The molecule has 0 radical (unpaired) electrons. The molecule has 2 aromatic heterocycles. The Labute approximate surface area is 92.6 Å². The van der Waals surface area contributed by atoms with Crippen molar-refractivity contribution >= 4 is 17.1 Å². The molecule has 0 aromatic carbocycles. The Balaban J connectivity index is 2.46. The second kappa shape index (κ2) is 3.95. The fourth-order valence-electron chi connectivity index (χ4n) is 1.49. The minimum atomic E-state index is 0.0913. The predicted octanol–water partition coefficient (Wildman–Crippen LogP) is 2.99. The molecular weight excluding hydrogens is 206 g/mol. The first-order valence-electron chi connectivity index (χ1n) is 4.69. The number of aryl methyl sites for hydroxylation is 2. The third kappa shape index (κ3) is 1.83. The van der Waals surface area contributed by atoms with Gasteiger partial charge in [-0.3, -0.25) is 9.78 Å². The lowest BCUT2D eigenvalue weighted by atomic mass is 10.0. The van der Waals surface area contributed by atoms with Crippen molar-refractivity contribution < 1.29 is 4.79 Å². The topological polar surface area (TPSA) is 30.0 Å². The minimum Gasteiger partial charge on any atom is -0.289 e. The highest BCUT2D eigenvalue weighted by molar-refractivity contribution is 7.10. The summed E-state index contributed by atoms with van der Waals surface area (Å²) in [4.78, 5) is 17.2. The Morgan fingerprint density at radius 2 is 2.07 bits per heavy atom. The molecule has 3 heteroatoms. The van der Waals surface area contributed by atoms with E-state index in [-0.39, 0.29) is 5.78 Å². The Bertz CT molecular complexity index is 502. The lowest BCUT2D eigenvalue weighted by molar-refractivity contribution is 0.103. The smallest absolute Gasteiger partial charge is 0.194 e. The van der Waals surface area contributed by atoms with Gasteiger partial charge in [-0.1, -0.05) is 0 Å². The highest BCUT2D eigenvalue weighted by Gasteiger charge is 2.14. The summed E-state index contributed by atoms with van der Waals surface area (Å²) in [7, 11) is 0. The standard InChI is InChI=1S/C12H11NOS/c1-8-7-13-5-3-10(8)12(14)11-4-6-15-9(11)2/h3-7H,1-2H3. The van der Waals surface area contributed by atoms with E-state index in [9.17, 15) is 4.79 Å². The van der Waals surface area contributed by atoms with E-state index in [4.69, 9.17) is 0 Å². The number of carbonyl (C=O) groups excluding carboxylic acids is 1. The first-order chi connectivity index (χ1) is 7.20. The number of thiophene rings is 1. The van der Waals surface area contributed by atoms with Crippen molar-refractivity contribution in [1.82, 2.24) is 4.98 Å². The van der Waals surface area contributed by atoms with Gasteiger partial charge in [-0.15, -0.1) is 11.3 Å². The summed E-state index contributed by atoms with van der Waals surface area (Å²) in [5.41, 5.74) is 2.47. The average molecular weight is 217 g/mol. The van der Waals surface area contributed by atoms with Gasteiger partial charge in [-0.05, 0) is 36.9 Å². The van der Waals surface area contributed by atoms with Crippen molar-refractivity contribution in [3.8, 4) is 0 Å². The number of pyridine rings is 1. The van der Waals surface area contributed by atoms with Crippen LogP contribution < -0.4 is 0 Å². The van der Waals surface area contributed by atoms with Crippen molar-refractivity contribution in [3.05, 3.63) is 51.5 Å². The normalized spacial score (nSPS) is 10.3. The molecule has 0 amide bonds. The first-order valence-corrected chi connectivity index (χ1v) is 5.57. The molecule has 0 N–H and O–H groups in total. The molecule has 0 aliphatic rings. The molecule has 15 heavy (non-hydrogen) atoms. The summed E-state index contributed by atoms with van der Waals surface area (Å²) in [5.74, 6) is 0.0913. The SMILES string of the molecule is Cc1cnccc1C(=O)c1ccsc1C. The summed E-state index contributed by atoms with van der Waals surface area (Å²) in [5, 5.41) is 1.94. The van der Waals surface area contributed by atoms with Crippen LogP contribution in [0.5, 0.6) is 0 Å². The summed E-state index contributed by atoms with van der Waals surface area (Å²) in [6, 6.07) is 3.65. The van der Waals surface area contributed by atoms with Crippen molar-refractivity contribution in [1.29, 1.82) is 0 Å². The van der Waals surface area contributed by atoms with Crippen LogP contribution in [0.25, 0.3) is 0 Å². The third-order valence-corrected chi connectivity index (χ3v) is 3.21. The number of ketones is 1. The van der Waals surface area contributed by atoms with Crippen LogP contribution in [0.1, 0.15) is 26.4 Å². The zero-order chi connectivity index (χ0) is 10.8. The zero-order valence-corrected chi connectivity index (χ0v) is 9.47. The van der Waals surface area contributed by atoms with E-state index in [2.05, 4.69) is 4.98 Å². The van der Waals surface area contributed by atoms with E-state index in [0.717, 1.165) is 21.6 Å². The van der Waals surface area contributed by atoms with Gasteiger partial charge in [0.1, 0.15) is 0 Å².